The van der Waals surface area contributed by atoms with Crippen LogP contribution >= 0.6 is 0 Å². The molecular formula is C7H12O. The van der Waals surface area contributed by atoms with E-state index < -0.39 is 0 Å². The van der Waals surface area contributed by atoms with Crippen LogP contribution in [0, 0.1) is 17.3 Å². The highest BCUT2D eigenvalue weighted by Crippen LogP contribution is 2.09. The van der Waals surface area contributed by atoms with Gasteiger partial charge in [-0.05, 0) is 20.8 Å². The van der Waals surface area contributed by atoms with E-state index in [1.54, 1.807) is 0 Å². The van der Waals surface area contributed by atoms with Crippen molar-refractivity contribution in [3.8, 4) is 11.8 Å². The molecule has 1 N–H and O–H groups in total. The third-order valence-electron chi connectivity index (χ3n) is 0.542. The maximum atomic E-state index is 8.26. The van der Waals surface area contributed by atoms with Crippen LogP contribution in [0.2, 0.25) is 0 Å². The molecule has 0 amide bonds. The Morgan fingerprint density at radius 1 is 1.38 bits per heavy atom. The quantitative estimate of drug-likeness (QED) is 0.464. The molecule has 0 aliphatic heterocycles. The van der Waals surface area contributed by atoms with Gasteiger partial charge in [0.2, 0.25) is 0 Å². The van der Waals surface area contributed by atoms with Crippen molar-refractivity contribution in [1.29, 1.82) is 0 Å². The van der Waals surface area contributed by atoms with Crippen molar-refractivity contribution >= 4 is 0 Å². The largest absolute Gasteiger partial charge is 0.384 e. The van der Waals surface area contributed by atoms with Crippen molar-refractivity contribution in [3.05, 3.63) is 0 Å². The summed E-state index contributed by atoms with van der Waals surface area (Å²) < 4.78 is 0. The van der Waals surface area contributed by atoms with E-state index in [4.69, 9.17) is 5.11 Å². The number of hydrogen-bond acceptors (Lipinski definition) is 1. The second kappa shape index (κ2) is 2.74. The van der Waals surface area contributed by atoms with E-state index in [0.29, 0.717) is 0 Å². The zero-order valence-corrected chi connectivity index (χ0v) is 5.65. The zero-order valence-electron chi connectivity index (χ0n) is 5.65. The first-order chi connectivity index (χ1) is 3.56. The van der Waals surface area contributed by atoms with Crippen molar-refractivity contribution in [1.82, 2.24) is 0 Å². The first kappa shape index (κ1) is 7.52. The van der Waals surface area contributed by atoms with Gasteiger partial charge in [0.25, 0.3) is 0 Å². The van der Waals surface area contributed by atoms with Gasteiger partial charge in [-0.25, -0.2) is 0 Å². The predicted octanol–water partition coefficient (Wildman–Crippen LogP) is 1.03. The molecule has 0 fully saturated rings. The average Bonchev–Trinajstić information content (AvgIpc) is 1.59. The molecule has 0 saturated carbocycles. The fourth-order valence-electron chi connectivity index (χ4n) is 0.305. The van der Waals surface area contributed by atoms with Crippen LogP contribution in [-0.4, -0.2) is 11.7 Å². The van der Waals surface area contributed by atoms with Gasteiger partial charge in [0, 0.05) is 5.41 Å². The minimum atomic E-state index is -0.0305. The average molecular weight is 112 g/mol. The molecule has 0 aromatic heterocycles. The molecule has 0 bridgehead atoms. The summed E-state index contributed by atoms with van der Waals surface area (Å²) in [4.78, 5) is 0. The molecule has 8 heavy (non-hydrogen) atoms. The Bertz CT molecular complexity index is 109. The van der Waals surface area contributed by atoms with Gasteiger partial charge in [-0.1, -0.05) is 11.8 Å². The van der Waals surface area contributed by atoms with Crippen molar-refractivity contribution in [2.75, 3.05) is 6.61 Å². The van der Waals surface area contributed by atoms with E-state index in [0.717, 1.165) is 0 Å². The summed E-state index contributed by atoms with van der Waals surface area (Å²) in [7, 11) is 0. The maximum absolute atomic E-state index is 8.26. The van der Waals surface area contributed by atoms with Crippen LogP contribution < -0.4 is 0 Å². The highest BCUT2D eigenvalue weighted by atomic mass is 16.2. The summed E-state index contributed by atoms with van der Waals surface area (Å²) >= 11 is 0. The minimum Gasteiger partial charge on any atom is -0.384 e. The number of aliphatic hydroxyl groups is 1. The van der Waals surface area contributed by atoms with Crippen molar-refractivity contribution < 1.29 is 5.11 Å². The number of aliphatic hydroxyl groups excluding tert-OH is 1. The van der Waals surface area contributed by atoms with Gasteiger partial charge in [-0.3, -0.25) is 0 Å². The SMILES string of the molecule is CC(C)(C)C#CCO. The lowest BCUT2D eigenvalue weighted by Crippen LogP contribution is -1.99. The van der Waals surface area contributed by atoms with Gasteiger partial charge in [0.05, 0.1) is 0 Å². The Hall–Kier alpha value is -0.480. The number of hydrogen-bond donors (Lipinski definition) is 1. The summed E-state index contributed by atoms with van der Waals surface area (Å²) in [5.41, 5.74) is 0.0305. The Morgan fingerprint density at radius 3 is 2.00 bits per heavy atom. The van der Waals surface area contributed by atoms with Crippen LogP contribution in [0.5, 0.6) is 0 Å². The predicted molar refractivity (Wildman–Crippen MR) is 34.3 cm³/mol. The molecule has 0 saturated heterocycles. The van der Waals surface area contributed by atoms with Gasteiger partial charge in [-0.15, -0.1) is 0 Å². The lowest BCUT2D eigenvalue weighted by molar-refractivity contribution is 0.350. The second-order valence-electron chi connectivity index (χ2n) is 2.71. The molecule has 1 heteroatoms. The standard InChI is InChI=1S/C7H12O/c1-7(2,3)5-4-6-8/h8H,6H2,1-3H3. The van der Waals surface area contributed by atoms with Crippen LogP contribution in [0.15, 0.2) is 0 Å². The smallest absolute Gasteiger partial charge is 0.104 e. The number of rotatable bonds is 0. The fraction of sp³-hybridized carbons (Fsp3) is 0.714. The molecule has 0 atom stereocenters. The summed E-state index contributed by atoms with van der Waals surface area (Å²) in [5.74, 6) is 5.47. The van der Waals surface area contributed by atoms with Crippen LogP contribution in [-0.2, 0) is 0 Å². The Kier molecular flexibility index (Phi) is 2.57. The molecule has 0 aliphatic rings. The first-order valence-electron chi connectivity index (χ1n) is 2.67. The summed E-state index contributed by atoms with van der Waals surface area (Å²) in [5, 5.41) is 8.26. The van der Waals surface area contributed by atoms with E-state index in [1.807, 2.05) is 20.8 Å². The molecule has 0 heterocycles. The maximum Gasteiger partial charge on any atom is 0.104 e. The third kappa shape index (κ3) is 5.52. The van der Waals surface area contributed by atoms with E-state index >= 15 is 0 Å². The lowest BCUT2D eigenvalue weighted by Gasteiger charge is -2.05. The van der Waals surface area contributed by atoms with Gasteiger partial charge < -0.3 is 5.11 Å². The van der Waals surface area contributed by atoms with Gasteiger partial charge >= 0.3 is 0 Å². The van der Waals surface area contributed by atoms with Crippen LogP contribution in [0.3, 0.4) is 0 Å². The van der Waals surface area contributed by atoms with Crippen LogP contribution in [0.25, 0.3) is 0 Å². The molecule has 0 radical (unpaired) electrons. The van der Waals surface area contributed by atoms with Gasteiger partial charge in [0.1, 0.15) is 6.61 Å². The summed E-state index contributed by atoms with van der Waals surface area (Å²) in [6, 6.07) is 0. The molecular weight excluding hydrogens is 100 g/mol. The monoisotopic (exact) mass is 112 g/mol. The molecule has 46 valence electrons. The molecule has 0 aromatic rings. The Morgan fingerprint density at radius 2 is 1.88 bits per heavy atom. The summed E-state index contributed by atoms with van der Waals surface area (Å²) in [6.45, 7) is 6.00. The molecule has 0 aromatic carbocycles. The van der Waals surface area contributed by atoms with E-state index in [1.165, 1.54) is 0 Å². The lowest BCUT2D eigenvalue weighted by atomic mass is 9.98. The normalized spacial score (nSPS) is 10.0. The van der Waals surface area contributed by atoms with E-state index in [-0.39, 0.29) is 12.0 Å². The third-order valence-corrected chi connectivity index (χ3v) is 0.542. The fourth-order valence-corrected chi connectivity index (χ4v) is 0.305. The topological polar surface area (TPSA) is 20.2 Å². The van der Waals surface area contributed by atoms with Gasteiger partial charge in [-0.2, -0.15) is 0 Å². The molecule has 1 nitrogen and oxygen atoms in total. The zero-order chi connectivity index (χ0) is 6.62. The Balaban J connectivity index is 3.69. The Labute approximate surface area is 50.7 Å². The molecule has 0 unspecified atom stereocenters. The van der Waals surface area contributed by atoms with Crippen LogP contribution in [0.1, 0.15) is 20.8 Å². The highest BCUT2D eigenvalue weighted by Gasteiger charge is 2.02. The second-order valence-corrected chi connectivity index (χ2v) is 2.71. The van der Waals surface area contributed by atoms with E-state index in [2.05, 4.69) is 11.8 Å². The highest BCUT2D eigenvalue weighted by molar-refractivity contribution is 5.06. The molecule has 0 spiro atoms. The minimum absolute atomic E-state index is 0.0305. The molecule has 0 aliphatic carbocycles. The van der Waals surface area contributed by atoms with Crippen molar-refractivity contribution in [3.63, 3.8) is 0 Å². The van der Waals surface area contributed by atoms with E-state index in [9.17, 15) is 0 Å². The van der Waals surface area contributed by atoms with Gasteiger partial charge in [0.15, 0.2) is 0 Å². The van der Waals surface area contributed by atoms with Crippen molar-refractivity contribution in [2.24, 2.45) is 5.41 Å². The first-order valence-corrected chi connectivity index (χ1v) is 2.67. The van der Waals surface area contributed by atoms with Crippen LogP contribution in [0.4, 0.5) is 0 Å². The molecule has 0 rings (SSSR count). The van der Waals surface area contributed by atoms with Crippen molar-refractivity contribution in [2.45, 2.75) is 20.8 Å². The summed E-state index contributed by atoms with van der Waals surface area (Å²) in [6.07, 6.45) is 0.